The van der Waals surface area contributed by atoms with E-state index < -0.39 is 0 Å². The summed E-state index contributed by atoms with van der Waals surface area (Å²) in [5.74, 6) is 0. The largest absolute Gasteiger partial charge is 0.310 e. The first kappa shape index (κ1) is 79.7. The standard InChI is InChI=1S/C130H88N4/c1-6-32-89(33-7-1)98-41-28-49-113(86-98)131(123-58-22-18-52-116(123)101-43-26-45-103(80-101)118-56-30-62-127-129(118)120-54-20-24-60-125(120)133(127)109-47-14-5-15-48-109)110-74-68-94(69-75-110)93-64-66-97(67-65-93)122-88-108(82-100-40-16-17-51-115(100)122)96-72-78-112(79-73-96)134-126-61-25-21-55-121(126)130-119(57-31-63-128(130)134)104-46-27-44-102(81-104)117-53-19-23-59-124(117)132(114-50-29-42-99(87-114)90-34-8-2-9-35-90)111-76-70-95(71-77-111)107-84-105(91-36-10-3-11-37-91)83-106(85-107)92-38-12-4-13-39-92/h1-88H. The summed E-state index contributed by atoms with van der Waals surface area (Å²) in [5.41, 5.74) is 41.1. The molecule has 0 aliphatic heterocycles. The molecule has 0 unspecified atom stereocenters. The van der Waals surface area contributed by atoms with E-state index in [4.69, 9.17) is 0 Å². The highest BCUT2D eigenvalue weighted by Crippen LogP contribution is 2.50. The number of hydrogen-bond acceptors (Lipinski definition) is 2. The topological polar surface area (TPSA) is 16.3 Å². The van der Waals surface area contributed by atoms with Crippen molar-refractivity contribution in [3.63, 3.8) is 0 Å². The maximum absolute atomic E-state index is 2.45. The Morgan fingerprint density at radius 2 is 0.418 bits per heavy atom. The third-order valence-electron chi connectivity index (χ3n) is 26.7. The first-order valence-electron chi connectivity index (χ1n) is 46.1. The van der Waals surface area contributed by atoms with E-state index in [-0.39, 0.29) is 0 Å². The van der Waals surface area contributed by atoms with Crippen molar-refractivity contribution >= 4 is 88.5 Å². The molecule has 0 bridgehead atoms. The molecule has 0 amide bonds. The number of rotatable bonds is 20. The van der Waals surface area contributed by atoms with Gasteiger partial charge in [-0.15, -0.1) is 0 Å². The first-order valence-corrected chi connectivity index (χ1v) is 46.1. The minimum absolute atomic E-state index is 1.05. The Morgan fingerprint density at radius 1 is 0.134 bits per heavy atom. The maximum Gasteiger partial charge on any atom is 0.0547 e. The fourth-order valence-electron chi connectivity index (χ4n) is 20.3. The molecular formula is C130H88N4. The lowest BCUT2D eigenvalue weighted by Crippen LogP contribution is -2.11. The first-order chi connectivity index (χ1) is 66.4. The average Bonchev–Trinajstić information content (AvgIpc) is 1.59. The summed E-state index contributed by atoms with van der Waals surface area (Å²) in [6.45, 7) is 0. The van der Waals surface area contributed by atoms with Crippen molar-refractivity contribution in [1.82, 2.24) is 9.13 Å². The minimum atomic E-state index is 1.05. The van der Waals surface area contributed by atoms with Crippen molar-refractivity contribution in [2.45, 2.75) is 0 Å². The van der Waals surface area contributed by atoms with Crippen LogP contribution in [0.2, 0.25) is 0 Å². The van der Waals surface area contributed by atoms with E-state index in [1.807, 2.05) is 0 Å². The molecule has 0 saturated carbocycles. The molecule has 0 N–H and O–H groups in total. The molecule has 0 fully saturated rings. The Balaban J connectivity index is 0.535. The summed E-state index contributed by atoms with van der Waals surface area (Å²) < 4.78 is 4.85. The summed E-state index contributed by atoms with van der Waals surface area (Å²) in [6, 6.07) is 196. The predicted molar refractivity (Wildman–Crippen MR) is 567 cm³/mol. The summed E-state index contributed by atoms with van der Waals surface area (Å²) >= 11 is 0. The van der Waals surface area contributed by atoms with E-state index in [1.165, 1.54) is 93.4 Å². The molecule has 2 heterocycles. The molecule has 0 atom stereocenters. The van der Waals surface area contributed by atoms with Crippen LogP contribution >= 0.6 is 0 Å². The molecule has 0 saturated heterocycles. The van der Waals surface area contributed by atoms with E-state index in [0.717, 1.165) is 140 Å². The molecule has 4 heteroatoms. The Hall–Kier alpha value is -17.7. The van der Waals surface area contributed by atoms with E-state index >= 15 is 0 Å². The third-order valence-corrected chi connectivity index (χ3v) is 26.7. The molecule has 134 heavy (non-hydrogen) atoms. The summed E-state index contributed by atoms with van der Waals surface area (Å²) in [4.78, 5) is 4.86. The molecule has 4 nitrogen and oxygen atoms in total. The van der Waals surface area contributed by atoms with Crippen LogP contribution in [0.15, 0.2) is 534 Å². The Kier molecular flexibility index (Phi) is 20.6. The number of benzene rings is 22. The zero-order chi connectivity index (χ0) is 88.8. The molecule has 0 aliphatic rings. The molecule has 24 aromatic rings. The van der Waals surface area contributed by atoms with Crippen molar-refractivity contribution < 1.29 is 0 Å². The van der Waals surface area contributed by atoms with Crippen molar-refractivity contribution in [3.05, 3.63) is 534 Å². The van der Waals surface area contributed by atoms with Crippen LogP contribution in [0.5, 0.6) is 0 Å². The van der Waals surface area contributed by atoms with E-state index in [9.17, 15) is 0 Å². The van der Waals surface area contributed by atoms with Gasteiger partial charge in [0.15, 0.2) is 0 Å². The molecule has 22 aromatic carbocycles. The van der Waals surface area contributed by atoms with Gasteiger partial charge < -0.3 is 18.9 Å². The molecule has 2 aromatic heterocycles. The Morgan fingerprint density at radius 3 is 0.873 bits per heavy atom. The van der Waals surface area contributed by atoms with Crippen molar-refractivity contribution in [3.8, 4) is 145 Å². The van der Waals surface area contributed by atoms with Crippen molar-refractivity contribution in [1.29, 1.82) is 0 Å². The molecule has 24 rings (SSSR count). The van der Waals surface area contributed by atoms with Gasteiger partial charge in [0.1, 0.15) is 0 Å². The van der Waals surface area contributed by atoms with Crippen LogP contribution in [0.3, 0.4) is 0 Å². The third kappa shape index (κ3) is 14.9. The fraction of sp³-hybridized carbons (Fsp3) is 0. The monoisotopic (exact) mass is 1700 g/mol. The number of anilines is 6. The second-order valence-electron chi connectivity index (χ2n) is 34.6. The van der Waals surface area contributed by atoms with Gasteiger partial charge in [0, 0.05) is 66.8 Å². The van der Waals surface area contributed by atoms with Gasteiger partial charge in [-0.1, -0.05) is 382 Å². The lowest BCUT2D eigenvalue weighted by Gasteiger charge is -2.28. The van der Waals surface area contributed by atoms with Crippen LogP contribution < -0.4 is 9.80 Å². The lowest BCUT2D eigenvalue weighted by molar-refractivity contribution is 1.18. The molecule has 628 valence electrons. The summed E-state index contributed by atoms with van der Waals surface area (Å²) in [6.07, 6.45) is 0. The smallest absolute Gasteiger partial charge is 0.0547 e. The highest BCUT2D eigenvalue weighted by molar-refractivity contribution is 6.18. The Labute approximate surface area is 780 Å². The van der Waals surface area contributed by atoms with Crippen LogP contribution in [0.25, 0.3) is 199 Å². The number of para-hydroxylation sites is 5. The molecule has 0 aliphatic carbocycles. The fourth-order valence-corrected chi connectivity index (χ4v) is 20.3. The normalized spacial score (nSPS) is 11.4. The van der Waals surface area contributed by atoms with Gasteiger partial charge in [0.2, 0.25) is 0 Å². The number of fused-ring (bicyclic) bond motifs is 7. The molecule has 0 spiro atoms. The second-order valence-corrected chi connectivity index (χ2v) is 34.6. The van der Waals surface area contributed by atoms with Crippen molar-refractivity contribution in [2.75, 3.05) is 9.80 Å². The van der Waals surface area contributed by atoms with Crippen LogP contribution in [-0.4, -0.2) is 9.13 Å². The van der Waals surface area contributed by atoms with Gasteiger partial charge >= 0.3 is 0 Å². The van der Waals surface area contributed by atoms with Gasteiger partial charge in [-0.3, -0.25) is 0 Å². The van der Waals surface area contributed by atoms with Gasteiger partial charge in [0.05, 0.1) is 33.4 Å². The second kappa shape index (κ2) is 34.7. The van der Waals surface area contributed by atoms with E-state index in [1.54, 1.807) is 0 Å². The minimum Gasteiger partial charge on any atom is -0.310 e. The van der Waals surface area contributed by atoms with E-state index in [2.05, 4.69) is 553 Å². The van der Waals surface area contributed by atoms with Crippen LogP contribution in [-0.2, 0) is 0 Å². The predicted octanol–water partition coefficient (Wildman–Crippen LogP) is 36.0. The van der Waals surface area contributed by atoms with Crippen LogP contribution in [0, 0.1) is 0 Å². The highest BCUT2D eigenvalue weighted by atomic mass is 15.2. The quantitative estimate of drug-likeness (QED) is 0.0756. The zero-order valence-electron chi connectivity index (χ0n) is 73.6. The van der Waals surface area contributed by atoms with Gasteiger partial charge in [-0.05, 0) is 285 Å². The summed E-state index contributed by atoms with van der Waals surface area (Å²) in [5, 5.41) is 7.28. The van der Waals surface area contributed by atoms with E-state index in [0.29, 0.717) is 0 Å². The lowest BCUT2D eigenvalue weighted by atomic mass is 9.92. The van der Waals surface area contributed by atoms with Gasteiger partial charge in [0.25, 0.3) is 0 Å². The maximum atomic E-state index is 2.45. The number of hydrogen-bond donors (Lipinski definition) is 0. The molecular weight excluding hydrogens is 1620 g/mol. The molecule has 0 radical (unpaired) electrons. The number of nitrogens with zero attached hydrogens (tertiary/aromatic N) is 4. The zero-order valence-corrected chi connectivity index (χ0v) is 73.6. The highest BCUT2D eigenvalue weighted by Gasteiger charge is 2.25. The van der Waals surface area contributed by atoms with Gasteiger partial charge in [-0.2, -0.15) is 0 Å². The van der Waals surface area contributed by atoms with Gasteiger partial charge in [-0.25, -0.2) is 0 Å². The average molecular weight is 1710 g/mol. The van der Waals surface area contributed by atoms with Crippen molar-refractivity contribution in [2.24, 2.45) is 0 Å². The van der Waals surface area contributed by atoms with Crippen LogP contribution in [0.1, 0.15) is 0 Å². The Bertz CT molecular complexity index is 8440. The number of aromatic nitrogens is 2. The van der Waals surface area contributed by atoms with Crippen LogP contribution in [0.4, 0.5) is 34.1 Å². The SMILES string of the molecule is c1ccc(-c2cc(-c3ccccc3)cc(-c3ccc(N(c4cccc(-c5ccccc5)c4)c4ccccc4-c4cccc(-c5cccc6c5c5ccccc5n6-c5ccc(-c6cc(-c7ccc(-c8ccc(N(c9cccc(-c%10ccccc%10)c9)c9ccccc9-c9cccc(-c%10cccc%11c%10c%10ccccc%10n%11-c%10ccccc%10)c9)cc8)cc7)c7ccccc7c6)cc5)c4)cc3)c2)cc1. The summed E-state index contributed by atoms with van der Waals surface area (Å²) in [7, 11) is 0.